The highest BCUT2D eigenvalue weighted by molar-refractivity contribution is 6.31. The molecule has 92 valence electrons. The number of hydrogen-bond acceptors (Lipinski definition) is 1. The molecule has 0 aliphatic rings. The molecule has 0 amide bonds. The highest BCUT2D eigenvalue weighted by Crippen LogP contribution is 2.38. The second kappa shape index (κ2) is 3.45. The Hall–Kier alpha value is -2.67. The van der Waals surface area contributed by atoms with Crippen molar-refractivity contribution >= 4 is 43.2 Å². The number of rotatable bonds is 0. The molecule has 0 radical (unpaired) electrons. The quantitative estimate of drug-likeness (QED) is 0.276. The fourth-order valence-corrected chi connectivity index (χ4v) is 3.36. The van der Waals surface area contributed by atoms with Crippen LogP contribution in [0.25, 0.3) is 43.2 Å². The Balaban J connectivity index is 2.29. The van der Waals surface area contributed by atoms with Crippen LogP contribution in [0.1, 0.15) is 1.37 Å². The van der Waals surface area contributed by atoms with Crippen LogP contribution in [0.15, 0.2) is 66.8 Å². The van der Waals surface area contributed by atoms with Crippen molar-refractivity contribution < 1.29 is 1.37 Å². The van der Waals surface area contributed by atoms with Gasteiger partial charge in [-0.25, -0.2) is 0 Å². The molecule has 0 spiro atoms. The minimum absolute atomic E-state index is 0.325. The molecule has 4 aromatic carbocycles. The maximum atomic E-state index is 7.98. The van der Waals surface area contributed by atoms with Gasteiger partial charge in [-0.05, 0) is 33.0 Å². The molecule has 20 heavy (non-hydrogen) atoms. The molecule has 0 saturated carbocycles. The lowest BCUT2D eigenvalue weighted by Gasteiger charge is -2.12. The van der Waals surface area contributed by atoms with E-state index in [2.05, 4.69) is 59.6 Å². The molecule has 0 aliphatic heterocycles. The lowest BCUT2D eigenvalue weighted by atomic mass is 9.92. The van der Waals surface area contributed by atoms with E-state index in [9.17, 15) is 0 Å². The molecule has 1 heteroatoms. The van der Waals surface area contributed by atoms with Gasteiger partial charge in [0.05, 0.1) is 6.89 Å². The molecule has 0 fully saturated rings. The molecule has 1 heterocycles. The highest BCUT2D eigenvalue weighted by atomic mass is 14.6. The number of aromatic nitrogens is 1. The second-order valence-corrected chi connectivity index (χ2v) is 5.21. The molecular weight excluding hydrogens is 242 g/mol. The third-order valence-electron chi connectivity index (χ3n) is 4.18. The van der Waals surface area contributed by atoms with Crippen molar-refractivity contribution in [2.75, 3.05) is 0 Å². The van der Waals surface area contributed by atoms with E-state index in [1.165, 1.54) is 26.9 Å². The Morgan fingerprint density at radius 1 is 0.650 bits per heavy atom. The van der Waals surface area contributed by atoms with Gasteiger partial charge in [-0.3, -0.25) is 4.98 Å². The maximum Gasteiger partial charge on any atom is 0.0840 e. The van der Waals surface area contributed by atoms with E-state index < -0.39 is 0 Å². The van der Waals surface area contributed by atoms with Crippen molar-refractivity contribution in [3.05, 3.63) is 66.8 Å². The second-order valence-electron chi connectivity index (χ2n) is 5.21. The number of pyridine rings is 1. The van der Waals surface area contributed by atoms with Gasteiger partial charge in [0.1, 0.15) is 0 Å². The normalized spacial score (nSPS) is 12.7. The molecule has 0 unspecified atom stereocenters. The minimum atomic E-state index is 0.325. The maximum absolute atomic E-state index is 7.98. The van der Waals surface area contributed by atoms with Gasteiger partial charge in [0, 0.05) is 16.9 Å². The van der Waals surface area contributed by atoms with Gasteiger partial charge in [0.2, 0.25) is 0 Å². The largest absolute Gasteiger partial charge is 0.256 e. The van der Waals surface area contributed by atoms with E-state index in [0.717, 1.165) is 16.3 Å². The first-order chi connectivity index (χ1) is 10.3. The SMILES string of the molecule is [2H]c1cc2cccc3c4cccc5cccc(c(n1)c23)c54. The van der Waals surface area contributed by atoms with Crippen LogP contribution in [0.3, 0.4) is 0 Å². The Labute approximate surface area is 117 Å². The molecule has 1 nitrogen and oxygen atoms in total. The molecule has 5 aromatic rings. The Morgan fingerprint density at radius 3 is 2.00 bits per heavy atom. The Bertz CT molecular complexity index is 1140. The van der Waals surface area contributed by atoms with Gasteiger partial charge in [0.15, 0.2) is 0 Å². The Morgan fingerprint density at radius 2 is 1.25 bits per heavy atom. The fourth-order valence-electron chi connectivity index (χ4n) is 3.36. The molecule has 0 atom stereocenters. The number of nitrogens with zero attached hydrogens (tertiary/aromatic N) is 1. The van der Waals surface area contributed by atoms with E-state index in [1.807, 2.05) is 6.07 Å². The predicted octanol–water partition coefficient (Wildman–Crippen LogP) is 5.13. The summed E-state index contributed by atoms with van der Waals surface area (Å²) in [7, 11) is 0. The van der Waals surface area contributed by atoms with Gasteiger partial charge in [-0.1, -0.05) is 54.6 Å². The van der Waals surface area contributed by atoms with E-state index in [4.69, 9.17) is 1.37 Å². The van der Waals surface area contributed by atoms with Crippen LogP contribution in [0.4, 0.5) is 0 Å². The molecule has 0 bridgehead atoms. The summed E-state index contributed by atoms with van der Waals surface area (Å²) in [5, 5.41) is 8.36. The zero-order chi connectivity index (χ0) is 14.0. The van der Waals surface area contributed by atoms with Crippen LogP contribution >= 0.6 is 0 Å². The van der Waals surface area contributed by atoms with Gasteiger partial charge in [-0.15, -0.1) is 0 Å². The van der Waals surface area contributed by atoms with Crippen molar-refractivity contribution in [1.82, 2.24) is 4.98 Å². The fraction of sp³-hybridized carbons (Fsp3) is 0. The summed E-state index contributed by atoms with van der Waals surface area (Å²) in [5.41, 5.74) is 0.942. The smallest absolute Gasteiger partial charge is 0.0840 e. The third kappa shape index (κ3) is 1.11. The summed E-state index contributed by atoms with van der Waals surface area (Å²) < 4.78 is 7.98. The first-order valence-electron chi connectivity index (χ1n) is 7.26. The molecule has 1 aromatic heterocycles. The summed E-state index contributed by atoms with van der Waals surface area (Å²) >= 11 is 0. The third-order valence-corrected chi connectivity index (χ3v) is 4.18. The van der Waals surface area contributed by atoms with Gasteiger partial charge >= 0.3 is 0 Å². The number of fused-ring (bicyclic) bond motifs is 2. The van der Waals surface area contributed by atoms with E-state index in [-0.39, 0.29) is 0 Å². The van der Waals surface area contributed by atoms with E-state index in [1.54, 1.807) is 0 Å². The first kappa shape index (κ1) is 9.27. The Kier molecular flexibility index (Phi) is 1.60. The zero-order valence-corrected chi connectivity index (χ0v) is 10.7. The molecule has 0 saturated heterocycles. The average molecular weight is 254 g/mol. The van der Waals surface area contributed by atoms with Crippen LogP contribution < -0.4 is 0 Å². The van der Waals surface area contributed by atoms with Crippen LogP contribution in [-0.2, 0) is 0 Å². The van der Waals surface area contributed by atoms with Crippen LogP contribution in [0.2, 0.25) is 0 Å². The lowest BCUT2D eigenvalue weighted by molar-refractivity contribution is 1.44. The molecule has 5 rings (SSSR count). The summed E-state index contributed by atoms with van der Waals surface area (Å²) in [6.07, 6.45) is 0.325. The van der Waals surface area contributed by atoms with Crippen LogP contribution in [0.5, 0.6) is 0 Å². The topological polar surface area (TPSA) is 12.9 Å². The van der Waals surface area contributed by atoms with Gasteiger partial charge in [-0.2, -0.15) is 0 Å². The van der Waals surface area contributed by atoms with E-state index in [0.29, 0.717) is 6.17 Å². The predicted molar refractivity (Wildman–Crippen MR) is 85.4 cm³/mol. The van der Waals surface area contributed by atoms with Crippen molar-refractivity contribution in [2.24, 2.45) is 0 Å². The van der Waals surface area contributed by atoms with Crippen molar-refractivity contribution in [3.63, 3.8) is 0 Å². The van der Waals surface area contributed by atoms with Gasteiger partial charge in [0.25, 0.3) is 0 Å². The summed E-state index contributed by atoms with van der Waals surface area (Å²) in [5.74, 6) is 0. The molecule has 0 aliphatic carbocycles. The molecular formula is C19H11N. The summed E-state index contributed by atoms with van der Waals surface area (Å²) in [6, 6.07) is 20.9. The number of hydrogen-bond donors (Lipinski definition) is 0. The molecule has 0 N–H and O–H groups in total. The van der Waals surface area contributed by atoms with Crippen molar-refractivity contribution in [3.8, 4) is 0 Å². The lowest BCUT2D eigenvalue weighted by Crippen LogP contribution is -1.88. The number of benzene rings is 4. The van der Waals surface area contributed by atoms with Gasteiger partial charge < -0.3 is 0 Å². The highest BCUT2D eigenvalue weighted by Gasteiger charge is 2.12. The first-order valence-corrected chi connectivity index (χ1v) is 6.76. The van der Waals surface area contributed by atoms with Crippen LogP contribution in [0, 0.1) is 0 Å². The average Bonchev–Trinajstić information content (AvgIpc) is 2.51. The minimum Gasteiger partial charge on any atom is -0.256 e. The van der Waals surface area contributed by atoms with Crippen molar-refractivity contribution in [1.29, 1.82) is 0 Å². The summed E-state index contributed by atoms with van der Waals surface area (Å²) in [4.78, 5) is 4.52. The van der Waals surface area contributed by atoms with Crippen LogP contribution in [-0.4, -0.2) is 4.98 Å². The standard InChI is InChI=1S/C19H11N/c1-4-12-5-3-9-16-17(12)14(7-1)15-8-2-6-13-10-11-20-19(16)18(13)15/h1-11H/i11D. The van der Waals surface area contributed by atoms with E-state index >= 15 is 0 Å². The zero-order valence-electron chi connectivity index (χ0n) is 11.7. The van der Waals surface area contributed by atoms with Crippen molar-refractivity contribution in [2.45, 2.75) is 0 Å². The summed E-state index contributed by atoms with van der Waals surface area (Å²) in [6.45, 7) is 0. The monoisotopic (exact) mass is 254 g/mol.